The molecule has 1 rings (SSSR count). The molecular formula is C15H32N2. The van der Waals surface area contributed by atoms with E-state index in [2.05, 4.69) is 38.0 Å². The van der Waals surface area contributed by atoms with Gasteiger partial charge in [0.2, 0.25) is 0 Å². The summed E-state index contributed by atoms with van der Waals surface area (Å²) in [6.07, 6.45) is 8.19. The summed E-state index contributed by atoms with van der Waals surface area (Å²) in [4.78, 5) is 2.74. The first-order valence-electron chi connectivity index (χ1n) is 7.58. The standard InChI is InChI=1S/C15H32N2/c1-5-14(16-4)7-6-11-17(15-8-9-15)12-10-13(2)3/h13-16H,5-12H2,1-4H3. The molecule has 0 bridgehead atoms. The normalized spacial score (nSPS) is 18.0. The minimum atomic E-state index is 0.723. The van der Waals surface area contributed by atoms with Gasteiger partial charge in [0.05, 0.1) is 0 Å². The highest BCUT2D eigenvalue weighted by molar-refractivity contribution is 4.84. The second kappa shape index (κ2) is 8.10. The molecule has 0 aromatic heterocycles. The molecule has 0 saturated heterocycles. The zero-order chi connectivity index (χ0) is 12.7. The molecule has 1 N–H and O–H groups in total. The van der Waals surface area contributed by atoms with Crippen LogP contribution >= 0.6 is 0 Å². The van der Waals surface area contributed by atoms with Gasteiger partial charge in [-0.05, 0) is 64.6 Å². The lowest BCUT2D eigenvalue weighted by Gasteiger charge is -2.24. The first kappa shape index (κ1) is 15.0. The predicted molar refractivity (Wildman–Crippen MR) is 76.4 cm³/mol. The van der Waals surface area contributed by atoms with Crippen molar-refractivity contribution in [1.82, 2.24) is 10.2 Å². The number of rotatable bonds is 10. The van der Waals surface area contributed by atoms with Crippen LogP contribution in [0.3, 0.4) is 0 Å². The maximum Gasteiger partial charge on any atom is 0.00964 e. The lowest BCUT2D eigenvalue weighted by atomic mass is 10.1. The fourth-order valence-corrected chi connectivity index (χ4v) is 2.43. The maximum absolute atomic E-state index is 3.40. The van der Waals surface area contributed by atoms with Crippen molar-refractivity contribution in [2.45, 2.75) is 71.4 Å². The van der Waals surface area contributed by atoms with E-state index in [0.717, 1.165) is 18.0 Å². The average Bonchev–Trinajstić information content (AvgIpc) is 3.12. The molecule has 102 valence electrons. The summed E-state index contributed by atoms with van der Waals surface area (Å²) in [5, 5.41) is 3.40. The van der Waals surface area contributed by atoms with Crippen molar-refractivity contribution < 1.29 is 0 Å². The lowest BCUT2D eigenvalue weighted by molar-refractivity contribution is 0.239. The van der Waals surface area contributed by atoms with E-state index in [9.17, 15) is 0 Å². The Balaban J connectivity index is 2.15. The van der Waals surface area contributed by atoms with Crippen molar-refractivity contribution in [3.05, 3.63) is 0 Å². The Morgan fingerprint density at radius 3 is 2.35 bits per heavy atom. The van der Waals surface area contributed by atoms with E-state index in [4.69, 9.17) is 0 Å². The van der Waals surface area contributed by atoms with Crippen LogP contribution in [0.4, 0.5) is 0 Å². The second-order valence-electron chi connectivity index (χ2n) is 5.99. The third kappa shape index (κ3) is 6.42. The smallest absolute Gasteiger partial charge is 0.00964 e. The third-order valence-corrected chi connectivity index (χ3v) is 3.96. The SMILES string of the molecule is CCC(CCCN(CCC(C)C)C1CC1)NC. The quantitative estimate of drug-likeness (QED) is 0.630. The van der Waals surface area contributed by atoms with Gasteiger partial charge >= 0.3 is 0 Å². The van der Waals surface area contributed by atoms with Crippen LogP contribution in [0.25, 0.3) is 0 Å². The molecule has 0 amide bonds. The van der Waals surface area contributed by atoms with Crippen molar-refractivity contribution in [3.8, 4) is 0 Å². The van der Waals surface area contributed by atoms with Crippen LogP contribution in [0.15, 0.2) is 0 Å². The van der Waals surface area contributed by atoms with Crippen LogP contribution in [-0.2, 0) is 0 Å². The van der Waals surface area contributed by atoms with Crippen LogP contribution in [0.1, 0.15) is 59.3 Å². The maximum atomic E-state index is 3.40. The summed E-state index contributed by atoms with van der Waals surface area (Å²) in [6.45, 7) is 9.57. The Hall–Kier alpha value is -0.0800. The molecule has 0 aromatic carbocycles. The van der Waals surface area contributed by atoms with Crippen molar-refractivity contribution in [2.75, 3.05) is 20.1 Å². The van der Waals surface area contributed by atoms with Crippen LogP contribution in [0.5, 0.6) is 0 Å². The summed E-state index contributed by atoms with van der Waals surface area (Å²) in [5.41, 5.74) is 0. The first-order chi connectivity index (χ1) is 8.17. The van der Waals surface area contributed by atoms with Crippen LogP contribution in [0, 0.1) is 5.92 Å². The fourth-order valence-electron chi connectivity index (χ4n) is 2.43. The van der Waals surface area contributed by atoms with Gasteiger partial charge in [-0.1, -0.05) is 20.8 Å². The topological polar surface area (TPSA) is 15.3 Å². The van der Waals surface area contributed by atoms with E-state index in [1.807, 2.05) is 0 Å². The number of nitrogens with one attached hydrogen (secondary N) is 1. The molecule has 2 heteroatoms. The molecule has 1 saturated carbocycles. The van der Waals surface area contributed by atoms with Gasteiger partial charge < -0.3 is 10.2 Å². The van der Waals surface area contributed by atoms with Crippen molar-refractivity contribution in [1.29, 1.82) is 0 Å². The van der Waals surface area contributed by atoms with E-state index in [-0.39, 0.29) is 0 Å². The Bertz CT molecular complexity index is 183. The molecule has 1 unspecified atom stereocenters. The van der Waals surface area contributed by atoms with Gasteiger partial charge in [-0.15, -0.1) is 0 Å². The van der Waals surface area contributed by atoms with Gasteiger partial charge in [-0.25, -0.2) is 0 Å². The molecule has 1 aliphatic carbocycles. The molecule has 1 aliphatic rings. The fraction of sp³-hybridized carbons (Fsp3) is 1.00. The van der Waals surface area contributed by atoms with Crippen molar-refractivity contribution in [3.63, 3.8) is 0 Å². The van der Waals surface area contributed by atoms with Crippen LogP contribution in [-0.4, -0.2) is 37.1 Å². The third-order valence-electron chi connectivity index (χ3n) is 3.96. The van der Waals surface area contributed by atoms with E-state index in [1.54, 1.807) is 0 Å². The largest absolute Gasteiger partial charge is 0.317 e. The summed E-state index contributed by atoms with van der Waals surface area (Å²) in [5.74, 6) is 0.844. The Kier molecular flexibility index (Phi) is 7.14. The molecule has 0 heterocycles. The van der Waals surface area contributed by atoms with E-state index in [1.165, 1.54) is 51.6 Å². The Morgan fingerprint density at radius 1 is 1.18 bits per heavy atom. The van der Waals surface area contributed by atoms with Crippen molar-refractivity contribution >= 4 is 0 Å². The van der Waals surface area contributed by atoms with E-state index in [0.29, 0.717) is 0 Å². The summed E-state index contributed by atoms with van der Waals surface area (Å²) in [6, 6.07) is 1.66. The van der Waals surface area contributed by atoms with Crippen LogP contribution in [0.2, 0.25) is 0 Å². The van der Waals surface area contributed by atoms with Gasteiger partial charge in [-0.2, -0.15) is 0 Å². The number of nitrogens with zero attached hydrogens (tertiary/aromatic N) is 1. The Labute approximate surface area is 108 Å². The Morgan fingerprint density at radius 2 is 1.88 bits per heavy atom. The molecule has 17 heavy (non-hydrogen) atoms. The number of hydrogen-bond acceptors (Lipinski definition) is 2. The highest BCUT2D eigenvalue weighted by Crippen LogP contribution is 2.27. The minimum absolute atomic E-state index is 0.723. The van der Waals surface area contributed by atoms with Gasteiger partial charge in [0.15, 0.2) is 0 Å². The van der Waals surface area contributed by atoms with E-state index < -0.39 is 0 Å². The monoisotopic (exact) mass is 240 g/mol. The summed E-state index contributed by atoms with van der Waals surface area (Å²) in [7, 11) is 2.09. The second-order valence-corrected chi connectivity index (χ2v) is 5.99. The first-order valence-corrected chi connectivity index (χ1v) is 7.58. The molecule has 0 aliphatic heterocycles. The zero-order valence-electron chi connectivity index (χ0n) is 12.3. The van der Waals surface area contributed by atoms with Gasteiger partial charge in [-0.3, -0.25) is 0 Å². The summed E-state index contributed by atoms with van der Waals surface area (Å²) < 4.78 is 0. The zero-order valence-corrected chi connectivity index (χ0v) is 12.3. The molecule has 2 nitrogen and oxygen atoms in total. The molecule has 1 atom stereocenters. The molecule has 0 spiro atoms. The minimum Gasteiger partial charge on any atom is -0.317 e. The molecule has 0 radical (unpaired) electrons. The van der Waals surface area contributed by atoms with Gasteiger partial charge in [0.1, 0.15) is 0 Å². The van der Waals surface area contributed by atoms with E-state index >= 15 is 0 Å². The van der Waals surface area contributed by atoms with Crippen LogP contribution < -0.4 is 5.32 Å². The highest BCUT2D eigenvalue weighted by Gasteiger charge is 2.28. The molecule has 1 fully saturated rings. The lowest BCUT2D eigenvalue weighted by Crippen LogP contribution is -2.31. The molecule has 0 aromatic rings. The molecular weight excluding hydrogens is 208 g/mol. The van der Waals surface area contributed by atoms with Gasteiger partial charge in [0, 0.05) is 12.1 Å². The predicted octanol–water partition coefficient (Wildman–Crippen LogP) is 3.28. The average molecular weight is 240 g/mol. The summed E-state index contributed by atoms with van der Waals surface area (Å²) >= 11 is 0. The van der Waals surface area contributed by atoms with Crippen molar-refractivity contribution in [2.24, 2.45) is 5.92 Å². The highest BCUT2D eigenvalue weighted by atomic mass is 15.2. The van der Waals surface area contributed by atoms with Gasteiger partial charge in [0.25, 0.3) is 0 Å². The number of hydrogen-bond donors (Lipinski definition) is 1.